The Morgan fingerprint density at radius 3 is 2.35 bits per heavy atom. The second kappa shape index (κ2) is 5.41. The van der Waals surface area contributed by atoms with E-state index >= 15 is 0 Å². The zero-order valence-corrected chi connectivity index (χ0v) is 13.8. The SMILES string of the molecule is CC1CC(CO[Si](C)(C)C(C)(C)C)CCN1C. The third kappa shape index (κ3) is 4.07. The molecule has 0 spiro atoms. The molecule has 1 aliphatic heterocycles. The Balaban J connectivity index is 2.41. The van der Waals surface area contributed by atoms with Crippen molar-refractivity contribution >= 4 is 8.32 Å². The average molecular weight is 257 g/mol. The van der Waals surface area contributed by atoms with Gasteiger partial charge in [-0.1, -0.05) is 20.8 Å². The van der Waals surface area contributed by atoms with Crippen molar-refractivity contribution < 1.29 is 4.43 Å². The molecule has 0 radical (unpaired) electrons. The van der Waals surface area contributed by atoms with E-state index in [0.717, 1.165) is 18.6 Å². The summed E-state index contributed by atoms with van der Waals surface area (Å²) < 4.78 is 6.34. The predicted octanol–water partition coefficient (Wildman–Crippen LogP) is 3.74. The molecule has 17 heavy (non-hydrogen) atoms. The minimum Gasteiger partial charge on any atom is -0.417 e. The van der Waals surface area contributed by atoms with E-state index in [9.17, 15) is 0 Å². The first-order chi connectivity index (χ1) is 7.63. The van der Waals surface area contributed by atoms with E-state index in [4.69, 9.17) is 4.43 Å². The summed E-state index contributed by atoms with van der Waals surface area (Å²) in [6.45, 7) is 16.2. The molecule has 1 aliphatic rings. The highest BCUT2D eigenvalue weighted by Crippen LogP contribution is 2.37. The summed E-state index contributed by atoms with van der Waals surface area (Å²) in [6.07, 6.45) is 2.60. The fourth-order valence-corrected chi connectivity index (χ4v) is 3.17. The molecular weight excluding hydrogens is 226 g/mol. The maximum atomic E-state index is 6.34. The molecule has 1 saturated heterocycles. The number of piperidine rings is 1. The van der Waals surface area contributed by atoms with Crippen molar-refractivity contribution in [3.8, 4) is 0 Å². The van der Waals surface area contributed by atoms with Crippen molar-refractivity contribution in [1.82, 2.24) is 4.90 Å². The van der Waals surface area contributed by atoms with Crippen LogP contribution < -0.4 is 0 Å². The van der Waals surface area contributed by atoms with Crippen LogP contribution in [0, 0.1) is 5.92 Å². The van der Waals surface area contributed by atoms with E-state index in [0.29, 0.717) is 5.04 Å². The van der Waals surface area contributed by atoms with Gasteiger partial charge in [-0.2, -0.15) is 0 Å². The molecule has 0 amide bonds. The second-order valence-corrected chi connectivity index (χ2v) is 12.1. The fraction of sp³-hybridized carbons (Fsp3) is 1.00. The van der Waals surface area contributed by atoms with E-state index in [-0.39, 0.29) is 0 Å². The van der Waals surface area contributed by atoms with Gasteiger partial charge in [-0.15, -0.1) is 0 Å². The minimum atomic E-state index is -1.54. The van der Waals surface area contributed by atoms with Crippen LogP contribution in [0.25, 0.3) is 0 Å². The Bertz CT molecular complexity index is 247. The van der Waals surface area contributed by atoms with Gasteiger partial charge in [-0.05, 0) is 57.4 Å². The van der Waals surface area contributed by atoms with E-state index < -0.39 is 8.32 Å². The number of likely N-dealkylation sites (tertiary alicyclic amines) is 1. The molecule has 1 rings (SSSR count). The normalized spacial score (nSPS) is 28.4. The Hall–Kier alpha value is 0.137. The van der Waals surface area contributed by atoms with Crippen LogP contribution in [0.15, 0.2) is 0 Å². The third-order valence-electron chi connectivity index (χ3n) is 4.80. The first-order valence-electron chi connectivity index (χ1n) is 6.97. The second-order valence-electron chi connectivity index (χ2n) is 7.29. The van der Waals surface area contributed by atoms with Gasteiger partial charge in [-0.25, -0.2) is 0 Å². The van der Waals surface area contributed by atoms with Crippen molar-refractivity contribution in [3.63, 3.8) is 0 Å². The smallest absolute Gasteiger partial charge is 0.191 e. The summed E-state index contributed by atoms with van der Waals surface area (Å²) >= 11 is 0. The Morgan fingerprint density at radius 2 is 1.88 bits per heavy atom. The lowest BCUT2D eigenvalue weighted by Gasteiger charge is -2.40. The van der Waals surface area contributed by atoms with Gasteiger partial charge in [-0.3, -0.25) is 0 Å². The van der Waals surface area contributed by atoms with E-state index in [1.165, 1.54) is 19.4 Å². The quantitative estimate of drug-likeness (QED) is 0.714. The first-order valence-corrected chi connectivity index (χ1v) is 9.88. The summed E-state index contributed by atoms with van der Waals surface area (Å²) in [6, 6.07) is 0.719. The Morgan fingerprint density at radius 1 is 1.29 bits per heavy atom. The van der Waals surface area contributed by atoms with Crippen LogP contribution in [-0.4, -0.2) is 39.5 Å². The van der Waals surface area contributed by atoms with Crippen LogP contribution >= 0.6 is 0 Å². The molecule has 0 aromatic carbocycles. The van der Waals surface area contributed by atoms with Crippen molar-refractivity contribution in [2.24, 2.45) is 5.92 Å². The van der Waals surface area contributed by atoms with E-state index in [1.807, 2.05) is 0 Å². The maximum Gasteiger partial charge on any atom is 0.191 e. The average Bonchev–Trinajstić information content (AvgIpc) is 2.18. The summed E-state index contributed by atoms with van der Waals surface area (Å²) in [4.78, 5) is 2.46. The molecule has 0 bridgehead atoms. The molecule has 2 nitrogen and oxygen atoms in total. The topological polar surface area (TPSA) is 12.5 Å². The zero-order chi connectivity index (χ0) is 13.3. The molecule has 3 heteroatoms. The summed E-state index contributed by atoms with van der Waals surface area (Å²) in [5.41, 5.74) is 0. The molecule has 1 heterocycles. The fourth-order valence-electron chi connectivity index (χ4n) is 2.08. The van der Waals surface area contributed by atoms with Crippen molar-refractivity contribution in [3.05, 3.63) is 0 Å². The summed E-state index contributed by atoms with van der Waals surface area (Å²) in [5, 5.41) is 0.337. The highest BCUT2D eigenvalue weighted by atomic mass is 28.4. The van der Waals surface area contributed by atoms with Gasteiger partial charge in [0.15, 0.2) is 8.32 Å². The number of hydrogen-bond donors (Lipinski definition) is 0. The maximum absolute atomic E-state index is 6.34. The Kier molecular flexibility index (Phi) is 4.84. The standard InChI is InChI=1S/C14H31NOSi/c1-12-10-13(8-9-15(12)5)11-16-17(6,7)14(2,3)4/h12-13H,8-11H2,1-7H3. The van der Waals surface area contributed by atoms with Gasteiger partial charge in [0.25, 0.3) is 0 Å². The number of hydrogen-bond acceptors (Lipinski definition) is 2. The molecule has 0 N–H and O–H groups in total. The van der Waals surface area contributed by atoms with E-state index in [2.05, 4.69) is 52.7 Å². The third-order valence-corrected chi connectivity index (χ3v) is 9.30. The number of rotatable bonds is 3. The lowest BCUT2D eigenvalue weighted by molar-refractivity contribution is 0.112. The highest BCUT2D eigenvalue weighted by Gasteiger charge is 2.38. The summed E-state index contributed by atoms with van der Waals surface area (Å²) in [7, 11) is 0.690. The van der Waals surface area contributed by atoms with Gasteiger partial charge in [0.1, 0.15) is 0 Å². The minimum absolute atomic E-state index is 0.337. The van der Waals surface area contributed by atoms with Crippen LogP contribution in [0.1, 0.15) is 40.5 Å². The van der Waals surface area contributed by atoms with Crippen LogP contribution in [0.4, 0.5) is 0 Å². The van der Waals surface area contributed by atoms with Crippen molar-refractivity contribution in [2.75, 3.05) is 20.2 Å². The van der Waals surface area contributed by atoms with Gasteiger partial charge < -0.3 is 9.33 Å². The molecular formula is C14H31NOSi. The van der Waals surface area contributed by atoms with Gasteiger partial charge >= 0.3 is 0 Å². The monoisotopic (exact) mass is 257 g/mol. The molecule has 0 aromatic heterocycles. The van der Waals surface area contributed by atoms with Crippen LogP contribution in [0.2, 0.25) is 18.1 Å². The molecule has 102 valence electrons. The Labute approximate surface area is 109 Å². The zero-order valence-electron chi connectivity index (χ0n) is 12.8. The van der Waals surface area contributed by atoms with Crippen LogP contribution in [0.3, 0.4) is 0 Å². The highest BCUT2D eigenvalue weighted by molar-refractivity contribution is 6.74. The van der Waals surface area contributed by atoms with Gasteiger partial charge in [0.2, 0.25) is 0 Å². The molecule has 0 saturated carbocycles. The largest absolute Gasteiger partial charge is 0.417 e. The van der Waals surface area contributed by atoms with Gasteiger partial charge in [0, 0.05) is 12.6 Å². The van der Waals surface area contributed by atoms with Gasteiger partial charge in [0.05, 0.1) is 0 Å². The van der Waals surface area contributed by atoms with Crippen LogP contribution in [0.5, 0.6) is 0 Å². The molecule has 0 aliphatic carbocycles. The molecule has 2 atom stereocenters. The first kappa shape index (κ1) is 15.2. The summed E-state index contributed by atoms with van der Waals surface area (Å²) in [5.74, 6) is 0.773. The number of nitrogens with zero attached hydrogens (tertiary/aromatic N) is 1. The molecule has 0 aromatic rings. The molecule has 2 unspecified atom stereocenters. The van der Waals surface area contributed by atoms with Crippen molar-refractivity contribution in [2.45, 2.75) is 64.7 Å². The van der Waals surface area contributed by atoms with Crippen molar-refractivity contribution in [1.29, 1.82) is 0 Å². The van der Waals surface area contributed by atoms with Crippen LogP contribution in [-0.2, 0) is 4.43 Å². The van der Waals surface area contributed by atoms with E-state index in [1.54, 1.807) is 0 Å². The lowest BCUT2D eigenvalue weighted by atomic mass is 9.93. The predicted molar refractivity (Wildman–Crippen MR) is 78.0 cm³/mol. The molecule has 1 fully saturated rings. The lowest BCUT2D eigenvalue weighted by Crippen LogP contribution is -2.44.